The Kier molecular flexibility index (Phi) is 8.70. The normalized spacial score (nSPS) is 16.5. The predicted molar refractivity (Wildman–Crippen MR) is 120 cm³/mol. The van der Waals surface area contributed by atoms with Crippen LogP contribution in [0.3, 0.4) is 0 Å². The summed E-state index contributed by atoms with van der Waals surface area (Å²) in [6.45, 7) is 3.84. The molecule has 0 aliphatic carbocycles. The highest BCUT2D eigenvalue weighted by Gasteiger charge is 2.21. The molecule has 1 aliphatic heterocycles. The third-order valence-corrected chi connectivity index (χ3v) is 5.36. The molecule has 2 N–H and O–H groups in total. The van der Waals surface area contributed by atoms with Crippen LogP contribution in [-0.4, -0.2) is 56.6 Å². The van der Waals surface area contributed by atoms with Crippen LogP contribution in [0.1, 0.15) is 24.5 Å². The van der Waals surface area contributed by atoms with E-state index in [0.717, 1.165) is 32.5 Å². The lowest BCUT2D eigenvalue weighted by molar-refractivity contribution is -0.136. The van der Waals surface area contributed by atoms with Gasteiger partial charge >= 0.3 is 11.8 Å². The van der Waals surface area contributed by atoms with Gasteiger partial charge in [-0.2, -0.15) is 0 Å². The molecule has 2 amide bonds. The zero-order valence-corrected chi connectivity index (χ0v) is 18.4. The fourth-order valence-electron chi connectivity index (χ4n) is 3.47. The third-order valence-electron chi connectivity index (χ3n) is 5.12. The maximum Gasteiger partial charge on any atom is 0.313 e. The first-order valence-corrected chi connectivity index (χ1v) is 10.8. The highest BCUT2D eigenvalue weighted by molar-refractivity contribution is 6.40. The van der Waals surface area contributed by atoms with Crippen LogP contribution in [0.5, 0.6) is 5.75 Å². The van der Waals surface area contributed by atoms with Crippen LogP contribution in [0, 0.1) is 0 Å². The molecule has 1 heterocycles. The number of benzene rings is 2. The molecule has 3 rings (SSSR count). The maximum absolute atomic E-state index is 12.1. The summed E-state index contributed by atoms with van der Waals surface area (Å²) in [5, 5.41) is 5.63. The van der Waals surface area contributed by atoms with Crippen molar-refractivity contribution >= 4 is 29.1 Å². The fraction of sp³-hybridized carbons (Fsp3) is 0.391. The van der Waals surface area contributed by atoms with Gasteiger partial charge in [0.05, 0.1) is 25.5 Å². The Morgan fingerprint density at radius 2 is 1.97 bits per heavy atom. The molecule has 166 valence electrons. The second-order valence-corrected chi connectivity index (χ2v) is 7.77. The molecular weight excluding hydrogens is 418 g/mol. The number of amides is 2. The lowest BCUT2D eigenvalue weighted by Crippen LogP contribution is -2.39. The van der Waals surface area contributed by atoms with Crippen molar-refractivity contribution in [2.75, 3.05) is 45.2 Å². The van der Waals surface area contributed by atoms with Crippen molar-refractivity contribution in [2.45, 2.75) is 18.9 Å². The molecule has 8 heteroatoms. The number of halogens is 1. The zero-order valence-electron chi connectivity index (χ0n) is 17.6. The van der Waals surface area contributed by atoms with E-state index in [1.807, 2.05) is 18.2 Å². The third kappa shape index (κ3) is 6.95. The summed E-state index contributed by atoms with van der Waals surface area (Å²) < 4.78 is 11.1. The molecule has 7 nitrogen and oxygen atoms in total. The van der Waals surface area contributed by atoms with E-state index >= 15 is 0 Å². The molecule has 0 aromatic heterocycles. The summed E-state index contributed by atoms with van der Waals surface area (Å²) in [4.78, 5) is 26.6. The first kappa shape index (κ1) is 23.1. The average molecular weight is 446 g/mol. The van der Waals surface area contributed by atoms with Gasteiger partial charge in [0.2, 0.25) is 0 Å². The Labute approximate surface area is 187 Å². The number of nitrogens with one attached hydrogen (secondary N) is 2. The van der Waals surface area contributed by atoms with Crippen LogP contribution in [-0.2, 0) is 14.3 Å². The maximum atomic E-state index is 12.1. The van der Waals surface area contributed by atoms with Crippen molar-refractivity contribution in [3.63, 3.8) is 0 Å². The van der Waals surface area contributed by atoms with Gasteiger partial charge in [0.25, 0.3) is 0 Å². The van der Waals surface area contributed by atoms with E-state index < -0.39 is 11.8 Å². The van der Waals surface area contributed by atoms with E-state index in [1.165, 1.54) is 18.7 Å². The number of nitrogens with zero attached hydrogens (tertiary/aromatic N) is 1. The number of hydrogen-bond acceptors (Lipinski definition) is 5. The van der Waals surface area contributed by atoms with Crippen molar-refractivity contribution in [1.29, 1.82) is 0 Å². The van der Waals surface area contributed by atoms with Crippen molar-refractivity contribution in [1.82, 2.24) is 10.2 Å². The number of unbranched alkanes of at least 4 members (excludes halogenated alkanes) is 1. The van der Waals surface area contributed by atoms with Crippen LogP contribution < -0.4 is 15.4 Å². The number of methoxy groups -OCH3 is 1. The monoisotopic (exact) mass is 445 g/mol. The van der Waals surface area contributed by atoms with E-state index in [9.17, 15) is 9.59 Å². The van der Waals surface area contributed by atoms with Crippen LogP contribution in [0.15, 0.2) is 48.5 Å². The van der Waals surface area contributed by atoms with Crippen LogP contribution in [0.25, 0.3) is 0 Å². The number of ether oxygens (including phenoxy) is 2. The molecule has 31 heavy (non-hydrogen) atoms. The summed E-state index contributed by atoms with van der Waals surface area (Å²) in [7, 11) is 1.48. The largest absolute Gasteiger partial charge is 0.495 e. The number of morpholine rings is 1. The molecule has 1 saturated heterocycles. The number of carbonyl (C=O) groups is 2. The summed E-state index contributed by atoms with van der Waals surface area (Å²) in [5.74, 6) is -0.998. The van der Waals surface area contributed by atoms with Gasteiger partial charge in [-0.05, 0) is 43.1 Å². The Hall–Kier alpha value is -2.61. The summed E-state index contributed by atoms with van der Waals surface area (Å²) in [6, 6.07) is 15.1. The minimum atomic E-state index is -0.751. The summed E-state index contributed by atoms with van der Waals surface area (Å²) >= 11 is 5.94. The van der Waals surface area contributed by atoms with E-state index in [0.29, 0.717) is 29.6 Å². The number of anilines is 1. The van der Waals surface area contributed by atoms with Crippen molar-refractivity contribution in [3.8, 4) is 5.75 Å². The number of hydrogen-bond donors (Lipinski definition) is 2. The van der Waals surface area contributed by atoms with Crippen LogP contribution in [0.4, 0.5) is 5.69 Å². The van der Waals surface area contributed by atoms with Gasteiger partial charge in [0.1, 0.15) is 5.75 Å². The minimum absolute atomic E-state index is 0.0989. The van der Waals surface area contributed by atoms with Gasteiger partial charge in [-0.1, -0.05) is 41.9 Å². The first-order chi connectivity index (χ1) is 15.1. The zero-order chi connectivity index (χ0) is 22.1. The minimum Gasteiger partial charge on any atom is -0.495 e. The van der Waals surface area contributed by atoms with Gasteiger partial charge in [0, 0.05) is 24.7 Å². The second-order valence-electron chi connectivity index (χ2n) is 7.33. The Bertz CT molecular complexity index is 878. The summed E-state index contributed by atoms with van der Waals surface area (Å²) in [5.41, 5.74) is 1.55. The number of rotatable bonds is 8. The van der Waals surface area contributed by atoms with Gasteiger partial charge < -0.3 is 20.1 Å². The van der Waals surface area contributed by atoms with Crippen molar-refractivity contribution in [2.24, 2.45) is 0 Å². The quantitative estimate of drug-likeness (QED) is 0.481. The van der Waals surface area contributed by atoms with Crippen LogP contribution in [0.2, 0.25) is 5.02 Å². The molecular formula is C23H28ClN3O4. The number of carbonyl (C=O) groups excluding carboxylic acids is 2. The Morgan fingerprint density at radius 3 is 2.74 bits per heavy atom. The molecule has 1 fully saturated rings. The molecule has 1 atom stereocenters. The molecule has 0 saturated carbocycles. The smallest absolute Gasteiger partial charge is 0.313 e. The van der Waals surface area contributed by atoms with E-state index in [-0.39, 0.29) is 6.10 Å². The van der Waals surface area contributed by atoms with Gasteiger partial charge in [-0.3, -0.25) is 14.5 Å². The molecule has 0 radical (unpaired) electrons. The van der Waals surface area contributed by atoms with E-state index in [4.69, 9.17) is 21.1 Å². The molecule has 0 spiro atoms. The lowest BCUT2D eigenvalue weighted by atomic mass is 10.1. The standard InChI is InChI=1S/C23H28ClN3O4/c1-30-20-10-9-18(24)15-19(20)26-23(29)22(28)25-11-5-6-12-27-13-14-31-21(16-27)17-7-3-2-4-8-17/h2-4,7-10,15,21H,5-6,11-14,16H2,1H3,(H,25,28)(H,26,29). The molecule has 1 aliphatic rings. The highest BCUT2D eigenvalue weighted by Crippen LogP contribution is 2.27. The Balaban J connectivity index is 1.35. The van der Waals surface area contributed by atoms with Crippen LogP contribution >= 0.6 is 11.6 Å². The summed E-state index contributed by atoms with van der Waals surface area (Å²) in [6.07, 6.45) is 1.81. The van der Waals surface area contributed by atoms with Crippen molar-refractivity contribution < 1.29 is 19.1 Å². The van der Waals surface area contributed by atoms with Gasteiger partial charge in [-0.15, -0.1) is 0 Å². The predicted octanol–water partition coefficient (Wildman–Crippen LogP) is 3.26. The molecule has 0 bridgehead atoms. The van der Waals surface area contributed by atoms with E-state index in [2.05, 4.69) is 27.7 Å². The Morgan fingerprint density at radius 1 is 1.16 bits per heavy atom. The highest BCUT2D eigenvalue weighted by atomic mass is 35.5. The SMILES string of the molecule is COc1ccc(Cl)cc1NC(=O)C(=O)NCCCCN1CCOC(c2ccccc2)C1. The lowest BCUT2D eigenvalue weighted by Gasteiger charge is -2.33. The van der Waals surface area contributed by atoms with Gasteiger partial charge in [-0.25, -0.2) is 0 Å². The van der Waals surface area contributed by atoms with Gasteiger partial charge in [0.15, 0.2) is 0 Å². The van der Waals surface area contributed by atoms with E-state index in [1.54, 1.807) is 12.1 Å². The van der Waals surface area contributed by atoms with Crippen molar-refractivity contribution in [3.05, 3.63) is 59.1 Å². The first-order valence-electron chi connectivity index (χ1n) is 10.4. The molecule has 1 unspecified atom stereocenters. The average Bonchev–Trinajstić information content (AvgIpc) is 2.79. The molecule has 2 aromatic carbocycles. The second kappa shape index (κ2) is 11.7. The topological polar surface area (TPSA) is 79.9 Å². The fourth-order valence-corrected chi connectivity index (χ4v) is 3.65. The molecule has 2 aromatic rings.